The molecule has 90 valence electrons. The number of pyridine rings is 1. The molecule has 3 rings (SSSR count). The van der Waals surface area contributed by atoms with Crippen LogP contribution in [0.2, 0.25) is 5.02 Å². The number of nitrogens with zero attached hydrogens (tertiary/aromatic N) is 2. The number of likely N-dealkylation sites (tertiary alicyclic amines) is 1. The Labute approximate surface area is 105 Å². The van der Waals surface area contributed by atoms with Crippen molar-refractivity contribution in [2.24, 2.45) is 5.92 Å². The zero-order chi connectivity index (χ0) is 12.0. The first-order valence-electron chi connectivity index (χ1n) is 5.88. The summed E-state index contributed by atoms with van der Waals surface area (Å²) in [7, 11) is 0. The van der Waals surface area contributed by atoms with E-state index >= 15 is 0 Å². The fourth-order valence-electron chi connectivity index (χ4n) is 2.92. The highest BCUT2D eigenvalue weighted by atomic mass is 35.5. The Morgan fingerprint density at radius 1 is 1.47 bits per heavy atom. The lowest BCUT2D eigenvalue weighted by atomic mass is 10.1. The Morgan fingerprint density at radius 2 is 2.29 bits per heavy atom. The molecule has 1 amide bonds. The minimum atomic E-state index is -0.0745. The molecule has 5 heteroatoms. The standard InChI is InChI=1S/C12H14ClN3O/c13-9-3-4-10(14)15-11(9)12(17)16-6-7-1-2-8(16)5-7/h3-4,7-8H,1-2,5-6H2,(H2,14,15). The topological polar surface area (TPSA) is 59.2 Å². The Bertz CT molecular complexity index is 477. The summed E-state index contributed by atoms with van der Waals surface area (Å²) in [5.74, 6) is 0.931. The largest absolute Gasteiger partial charge is 0.384 e. The van der Waals surface area contributed by atoms with Gasteiger partial charge >= 0.3 is 0 Å². The summed E-state index contributed by atoms with van der Waals surface area (Å²) in [6.45, 7) is 0.844. The first-order valence-corrected chi connectivity index (χ1v) is 6.26. The summed E-state index contributed by atoms with van der Waals surface area (Å²) in [6.07, 6.45) is 3.48. The number of nitrogens with two attached hydrogens (primary N) is 1. The van der Waals surface area contributed by atoms with Crippen molar-refractivity contribution in [3.05, 3.63) is 22.8 Å². The maximum atomic E-state index is 12.3. The van der Waals surface area contributed by atoms with Crippen molar-refractivity contribution in [1.29, 1.82) is 0 Å². The predicted molar refractivity (Wildman–Crippen MR) is 65.8 cm³/mol. The Kier molecular flexibility index (Phi) is 2.47. The van der Waals surface area contributed by atoms with Crippen molar-refractivity contribution < 1.29 is 4.79 Å². The third kappa shape index (κ3) is 1.76. The molecular weight excluding hydrogens is 238 g/mol. The number of anilines is 1. The van der Waals surface area contributed by atoms with E-state index in [0.29, 0.717) is 28.5 Å². The number of fused-ring (bicyclic) bond motifs is 2. The van der Waals surface area contributed by atoms with Crippen molar-refractivity contribution in [2.45, 2.75) is 25.3 Å². The fourth-order valence-corrected chi connectivity index (χ4v) is 3.10. The molecule has 1 aromatic heterocycles. The van der Waals surface area contributed by atoms with Gasteiger partial charge in [-0.1, -0.05) is 11.6 Å². The number of amides is 1. The average Bonchev–Trinajstić information content (AvgIpc) is 2.93. The van der Waals surface area contributed by atoms with Gasteiger partial charge in [-0.05, 0) is 37.3 Å². The molecule has 0 radical (unpaired) electrons. The molecule has 2 aliphatic rings. The molecule has 4 nitrogen and oxygen atoms in total. The molecular formula is C12H14ClN3O. The molecule has 2 N–H and O–H groups in total. The highest BCUT2D eigenvalue weighted by Gasteiger charge is 2.41. The molecule has 2 bridgehead atoms. The second kappa shape index (κ2) is 3.88. The van der Waals surface area contributed by atoms with Crippen LogP contribution in [0.4, 0.5) is 5.82 Å². The lowest BCUT2D eigenvalue weighted by Crippen LogP contribution is -2.38. The van der Waals surface area contributed by atoms with Gasteiger partial charge in [0.05, 0.1) is 5.02 Å². The summed E-state index contributed by atoms with van der Waals surface area (Å²) in [5.41, 5.74) is 5.89. The van der Waals surface area contributed by atoms with Crippen LogP contribution in [0, 0.1) is 5.92 Å². The predicted octanol–water partition coefficient (Wildman–Crippen LogP) is 1.94. The van der Waals surface area contributed by atoms with Gasteiger partial charge in [-0.3, -0.25) is 4.79 Å². The molecule has 1 saturated carbocycles. The number of carbonyl (C=O) groups is 1. The number of piperidine rings is 1. The van der Waals surface area contributed by atoms with Gasteiger partial charge in [0.15, 0.2) is 0 Å². The zero-order valence-corrected chi connectivity index (χ0v) is 10.2. The van der Waals surface area contributed by atoms with Crippen LogP contribution in [0.5, 0.6) is 0 Å². The van der Waals surface area contributed by atoms with Gasteiger partial charge in [-0.15, -0.1) is 0 Å². The van der Waals surface area contributed by atoms with Gasteiger partial charge in [0.2, 0.25) is 0 Å². The van der Waals surface area contributed by atoms with Crippen LogP contribution < -0.4 is 5.73 Å². The van der Waals surface area contributed by atoms with E-state index in [9.17, 15) is 4.79 Å². The van der Waals surface area contributed by atoms with Crippen molar-refractivity contribution in [3.63, 3.8) is 0 Å². The smallest absolute Gasteiger partial charge is 0.274 e. The number of hydrogen-bond acceptors (Lipinski definition) is 3. The van der Waals surface area contributed by atoms with Crippen molar-refractivity contribution in [3.8, 4) is 0 Å². The van der Waals surface area contributed by atoms with E-state index in [4.69, 9.17) is 17.3 Å². The van der Waals surface area contributed by atoms with Gasteiger partial charge < -0.3 is 10.6 Å². The highest BCUT2D eigenvalue weighted by molar-refractivity contribution is 6.33. The maximum absolute atomic E-state index is 12.3. The molecule has 2 atom stereocenters. The molecule has 0 aromatic carbocycles. The van der Waals surface area contributed by atoms with Crippen LogP contribution in [0.25, 0.3) is 0 Å². The SMILES string of the molecule is Nc1ccc(Cl)c(C(=O)N2CC3CCC2C3)n1. The van der Waals surface area contributed by atoms with Gasteiger partial charge in [0.1, 0.15) is 11.5 Å². The third-order valence-electron chi connectivity index (χ3n) is 3.74. The molecule has 2 fully saturated rings. The minimum absolute atomic E-state index is 0.0745. The number of nitrogen functional groups attached to an aromatic ring is 1. The summed E-state index contributed by atoms with van der Waals surface area (Å²) in [6, 6.07) is 3.62. The van der Waals surface area contributed by atoms with Crippen LogP contribution in [0.1, 0.15) is 29.8 Å². The van der Waals surface area contributed by atoms with Crippen LogP contribution >= 0.6 is 11.6 Å². The van der Waals surface area contributed by atoms with E-state index < -0.39 is 0 Å². The summed E-state index contributed by atoms with van der Waals surface area (Å²) in [5, 5.41) is 0.381. The van der Waals surface area contributed by atoms with Gasteiger partial charge in [0, 0.05) is 12.6 Å². The monoisotopic (exact) mass is 251 g/mol. The van der Waals surface area contributed by atoms with E-state index in [-0.39, 0.29) is 5.91 Å². The molecule has 1 saturated heterocycles. The fraction of sp³-hybridized carbons (Fsp3) is 0.500. The second-order valence-corrected chi connectivity index (χ2v) is 5.26. The number of carbonyl (C=O) groups excluding carboxylic acids is 1. The number of aromatic nitrogens is 1. The third-order valence-corrected chi connectivity index (χ3v) is 4.05. The summed E-state index contributed by atoms with van der Waals surface area (Å²) >= 11 is 6.01. The van der Waals surface area contributed by atoms with Gasteiger partial charge in [-0.2, -0.15) is 0 Å². The Hall–Kier alpha value is -1.29. The van der Waals surface area contributed by atoms with E-state index in [1.807, 2.05) is 4.90 Å². The molecule has 2 heterocycles. The second-order valence-electron chi connectivity index (χ2n) is 4.86. The molecule has 1 aromatic rings. The number of hydrogen-bond donors (Lipinski definition) is 1. The van der Waals surface area contributed by atoms with Crippen LogP contribution in [0.15, 0.2) is 12.1 Å². The van der Waals surface area contributed by atoms with Crippen molar-refractivity contribution in [2.75, 3.05) is 12.3 Å². The summed E-state index contributed by atoms with van der Waals surface area (Å²) < 4.78 is 0. The average molecular weight is 252 g/mol. The van der Waals surface area contributed by atoms with Gasteiger partial charge in [-0.25, -0.2) is 4.98 Å². The minimum Gasteiger partial charge on any atom is -0.384 e. The quantitative estimate of drug-likeness (QED) is 0.830. The normalized spacial score (nSPS) is 26.5. The summed E-state index contributed by atoms with van der Waals surface area (Å²) in [4.78, 5) is 18.3. The molecule has 17 heavy (non-hydrogen) atoms. The lowest BCUT2D eigenvalue weighted by molar-refractivity contribution is 0.0698. The van der Waals surface area contributed by atoms with E-state index in [0.717, 1.165) is 19.4 Å². The van der Waals surface area contributed by atoms with Crippen molar-refractivity contribution in [1.82, 2.24) is 9.88 Å². The number of rotatable bonds is 1. The van der Waals surface area contributed by atoms with Gasteiger partial charge in [0.25, 0.3) is 5.91 Å². The van der Waals surface area contributed by atoms with E-state index in [2.05, 4.69) is 4.98 Å². The zero-order valence-electron chi connectivity index (χ0n) is 9.40. The lowest BCUT2D eigenvalue weighted by Gasteiger charge is -2.26. The molecule has 1 aliphatic carbocycles. The van der Waals surface area contributed by atoms with E-state index in [1.165, 1.54) is 6.42 Å². The first kappa shape index (κ1) is 10.8. The number of halogens is 1. The van der Waals surface area contributed by atoms with Crippen LogP contribution in [-0.4, -0.2) is 28.4 Å². The molecule has 0 spiro atoms. The maximum Gasteiger partial charge on any atom is 0.274 e. The van der Waals surface area contributed by atoms with Crippen LogP contribution in [-0.2, 0) is 0 Å². The Morgan fingerprint density at radius 3 is 2.94 bits per heavy atom. The highest BCUT2D eigenvalue weighted by Crippen LogP contribution is 2.38. The molecule has 1 aliphatic heterocycles. The van der Waals surface area contributed by atoms with Crippen molar-refractivity contribution >= 4 is 23.3 Å². The first-order chi connectivity index (χ1) is 8.15. The molecule has 2 unspecified atom stereocenters. The van der Waals surface area contributed by atoms with Crippen LogP contribution in [0.3, 0.4) is 0 Å². The van der Waals surface area contributed by atoms with E-state index in [1.54, 1.807) is 12.1 Å². The Balaban J connectivity index is 1.89.